The van der Waals surface area contributed by atoms with Crippen molar-refractivity contribution in [3.05, 3.63) is 40.3 Å². The molecule has 2 N–H and O–H groups in total. The zero-order valence-corrected chi connectivity index (χ0v) is 9.39. The monoisotopic (exact) mass is 235 g/mol. The van der Waals surface area contributed by atoms with Gasteiger partial charge in [-0.15, -0.1) is 12.4 Å². The fourth-order valence-electron chi connectivity index (χ4n) is 1.80. The van der Waals surface area contributed by atoms with Crippen molar-refractivity contribution in [3.8, 4) is 0 Å². The van der Waals surface area contributed by atoms with Crippen LogP contribution < -0.4 is 5.69 Å². The Balaban J connectivity index is 0.000000963. The van der Waals surface area contributed by atoms with E-state index in [-0.39, 0.29) is 18.1 Å². The molecule has 82 valence electrons. The van der Waals surface area contributed by atoms with E-state index in [0.29, 0.717) is 5.65 Å². The van der Waals surface area contributed by atoms with Crippen molar-refractivity contribution in [1.82, 2.24) is 15.0 Å². The number of aryl methyl sites for hydroxylation is 1. The normalized spacial score (nSPS) is 10.6. The molecule has 4 nitrogen and oxygen atoms in total. The maximum Gasteiger partial charge on any atom is 0.325 e. The number of rotatable bonds is 0. The minimum Gasteiger partial charge on any atom is -0.304 e. The number of hydrogen-bond acceptors (Lipinski definition) is 2. The number of pyridine rings is 1. The van der Waals surface area contributed by atoms with E-state index < -0.39 is 0 Å². The first-order valence-corrected chi connectivity index (χ1v) is 4.72. The quantitative estimate of drug-likeness (QED) is 0.627. The first kappa shape index (κ1) is 10.7. The topological polar surface area (TPSA) is 61.5 Å². The lowest BCUT2D eigenvalue weighted by Crippen LogP contribution is -1.99. The van der Waals surface area contributed by atoms with Crippen LogP contribution in [-0.2, 0) is 0 Å². The first-order valence-electron chi connectivity index (χ1n) is 4.72. The summed E-state index contributed by atoms with van der Waals surface area (Å²) in [6.07, 6.45) is 0. The van der Waals surface area contributed by atoms with Gasteiger partial charge in [0, 0.05) is 5.39 Å². The Labute approximate surface area is 97.1 Å². The number of aromatic nitrogens is 3. The second-order valence-electron chi connectivity index (χ2n) is 3.61. The highest BCUT2D eigenvalue weighted by Gasteiger charge is 2.03. The maximum atomic E-state index is 11.1. The van der Waals surface area contributed by atoms with Crippen molar-refractivity contribution in [1.29, 1.82) is 0 Å². The number of H-pyrrole nitrogens is 2. The zero-order valence-electron chi connectivity index (χ0n) is 8.57. The van der Waals surface area contributed by atoms with Crippen LogP contribution in [0.25, 0.3) is 22.1 Å². The van der Waals surface area contributed by atoms with E-state index in [1.54, 1.807) is 0 Å². The van der Waals surface area contributed by atoms with Crippen molar-refractivity contribution in [2.75, 3.05) is 0 Å². The lowest BCUT2D eigenvalue weighted by molar-refractivity contribution is 1.20. The van der Waals surface area contributed by atoms with E-state index >= 15 is 0 Å². The van der Waals surface area contributed by atoms with Gasteiger partial charge in [0.25, 0.3) is 0 Å². The third kappa shape index (κ3) is 1.47. The Morgan fingerprint density at radius 1 is 1.25 bits per heavy atom. The average Bonchev–Trinajstić information content (AvgIpc) is 2.55. The van der Waals surface area contributed by atoms with E-state index in [1.165, 1.54) is 0 Å². The van der Waals surface area contributed by atoms with Gasteiger partial charge in [-0.2, -0.15) is 0 Å². The molecular formula is C11H10ClN3O. The van der Waals surface area contributed by atoms with Crippen molar-refractivity contribution in [3.63, 3.8) is 0 Å². The number of imidazole rings is 1. The highest BCUT2D eigenvalue weighted by atomic mass is 35.5. The summed E-state index contributed by atoms with van der Waals surface area (Å²) >= 11 is 0. The van der Waals surface area contributed by atoms with E-state index in [2.05, 4.69) is 15.0 Å². The number of benzene rings is 1. The molecule has 0 atom stereocenters. The third-order valence-electron chi connectivity index (χ3n) is 2.56. The van der Waals surface area contributed by atoms with Crippen LogP contribution in [0, 0.1) is 6.92 Å². The van der Waals surface area contributed by atoms with Crippen molar-refractivity contribution < 1.29 is 0 Å². The SMILES string of the molecule is Cc1cccc2nc3[nH]c(=O)[nH]c3cc12.Cl. The summed E-state index contributed by atoms with van der Waals surface area (Å²) in [4.78, 5) is 20.8. The molecule has 0 aliphatic heterocycles. The van der Waals surface area contributed by atoms with Crippen LogP contribution in [0.2, 0.25) is 0 Å². The second-order valence-corrected chi connectivity index (χ2v) is 3.61. The van der Waals surface area contributed by atoms with Crippen LogP contribution in [0.5, 0.6) is 0 Å². The van der Waals surface area contributed by atoms with E-state index in [9.17, 15) is 4.79 Å². The number of hydrogen-bond donors (Lipinski definition) is 2. The summed E-state index contributed by atoms with van der Waals surface area (Å²) in [5, 5.41) is 1.07. The molecule has 2 heterocycles. The zero-order chi connectivity index (χ0) is 10.4. The highest BCUT2D eigenvalue weighted by molar-refractivity contribution is 5.91. The van der Waals surface area contributed by atoms with Gasteiger partial charge in [0.15, 0.2) is 5.65 Å². The molecule has 0 bridgehead atoms. The minimum absolute atomic E-state index is 0. The standard InChI is InChI=1S/C11H9N3O.ClH/c1-6-3-2-4-8-7(6)5-9-10(12-8)14-11(15)13-9;/h2-5H,1H3,(H2,12,13,14,15);1H. The lowest BCUT2D eigenvalue weighted by atomic mass is 10.1. The number of fused-ring (bicyclic) bond motifs is 2. The summed E-state index contributed by atoms with van der Waals surface area (Å²) in [6, 6.07) is 7.87. The number of aromatic amines is 2. The van der Waals surface area contributed by atoms with Crippen molar-refractivity contribution >= 4 is 34.5 Å². The summed E-state index contributed by atoms with van der Waals surface area (Å²) in [5.74, 6) is 0. The molecule has 1 aromatic carbocycles. The molecular weight excluding hydrogens is 226 g/mol. The van der Waals surface area contributed by atoms with Crippen LogP contribution in [0.15, 0.2) is 29.1 Å². The van der Waals surface area contributed by atoms with Crippen LogP contribution in [-0.4, -0.2) is 15.0 Å². The molecule has 16 heavy (non-hydrogen) atoms. The highest BCUT2D eigenvalue weighted by Crippen LogP contribution is 2.19. The fraction of sp³-hybridized carbons (Fsp3) is 0.0909. The van der Waals surface area contributed by atoms with Crippen LogP contribution in [0.3, 0.4) is 0 Å². The molecule has 0 saturated heterocycles. The van der Waals surface area contributed by atoms with E-state index in [4.69, 9.17) is 0 Å². The van der Waals surface area contributed by atoms with E-state index in [1.807, 2.05) is 31.2 Å². The maximum absolute atomic E-state index is 11.1. The molecule has 0 unspecified atom stereocenters. The van der Waals surface area contributed by atoms with Crippen LogP contribution in [0.1, 0.15) is 5.56 Å². The van der Waals surface area contributed by atoms with Gasteiger partial charge in [-0.3, -0.25) is 4.98 Å². The Hall–Kier alpha value is -1.81. The van der Waals surface area contributed by atoms with Crippen molar-refractivity contribution in [2.24, 2.45) is 0 Å². The molecule has 0 fully saturated rings. The minimum atomic E-state index is -0.217. The van der Waals surface area contributed by atoms with Crippen LogP contribution in [0.4, 0.5) is 0 Å². The third-order valence-corrected chi connectivity index (χ3v) is 2.56. The molecule has 0 saturated carbocycles. The summed E-state index contributed by atoms with van der Waals surface area (Å²) < 4.78 is 0. The molecule has 5 heteroatoms. The Morgan fingerprint density at radius 3 is 2.88 bits per heavy atom. The molecule has 0 aliphatic rings. The lowest BCUT2D eigenvalue weighted by Gasteiger charge is -2.00. The Bertz CT molecular complexity index is 714. The first-order chi connectivity index (χ1) is 7.24. The number of nitrogens with zero attached hydrogens (tertiary/aromatic N) is 1. The van der Waals surface area contributed by atoms with Gasteiger partial charge in [0.1, 0.15) is 0 Å². The smallest absolute Gasteiger partial charge is 0.304 e. The summed E-state index contributed by atoms with van der Waals surface area (Å²) in [6.45, 7) is 2.03. The van der Waals surface area contributed by atoms with Crippen molar-refractivity contribution in [2.45, 2.75) is 6.92 Å². The van der Waals surface area contributed by atoms with Gasteiger partial charge in [-0.05, 0) is 24.6 Å². The largest absolute Gasteiger partial charge is 0.325 e. The van der Waals surface area contributed by atoms with Gasteiger partial charge in [-0.25, -0.2) is 9.78 Å². The van der Waals surface area contributed by atoms with Gasteiger partial charge < -0.3 is 4.98 Å². The number of halogens is 1. The predicted octanol–water partition coefficient (Wildman–Crippen LogP) is 2.13. The van der Waals surface area contributed by atoms with Crippen LogP contribution >= 0.6 is 12.4 Å². The van der Waals surface area contributed by atoms with Gasteiger partial charge in [-0.1, -0.05) is 12.1 Å². The molecule has 3 rings (SSSR count). The molecule has 0 amide bonds. The van der Waals surface area contributed by atoms with E-state index in [0.717, 1.165) is 22.0 Å². The molecule has 0 radical (unpaired) electrons. The fourth-order valence-corrected chi connectivity index (χ4v) is 1.80. The molecule has 0 spiro atoms. The Kier molecular flexibility index (Phi) is 2.44. The van der Waals surface area contributed by atoms with Gasteiger partial charge in [0.05, 0.1) is 11.0 Å². The summed E-state index contributed by atoms with van der Waals surface area (Å²) in [7, 11) is 0. The van der Waals surface area contributed by atoms with Gasteiger partial charge in [0.2, 0.25) is 0 Å². The molecule has 3 aromatic rings. The Morgan fingerprint density at radius 2 is 2.06 bits per heavy atom. The molecule has 2 aromatic heterocycles. The average molecular weight is 236 g/mol. The molecule has 0 aliphatic carbocycles. The second kappa shape index (κ2) is 3.64. The van der Waals surface area contributed by atoms with Gasteiger partial charge >= 0.3 is 5.69 Å². The number of nitrogens with one attached hydrogen (secondary N) is 2. The summed E-state index contributed by atoms with van der Waals surface area (Å²) in [5.41, 5.74) is 3.20. The predicted molar refractivity (Wildman–Crippen MR) is 66.2 cm³/mol.